The van der Waals surface area contributed by atoms with E-state index in [0.29, 0.717) is 23.1 Å². The second-order valence-corrected chi connectivity index (χ2v) is 10.4. The van der Waals surface area contributed by atoms with E-state index in [1.165, 1.54) is 20.2 Å². The van der Waals surface area contributed by atoms with Crippen molar-refractivity contribution in [1.82, 2.24) is 14.6 Å². The Morgan fingerprint density at radius 1 is 1.23 bits per heavy atom. The normalized spacial score (nSPS) is 12.3. The summed E-state index contributed by atoms with van der Waals surface area (Å²) < 4.78 is 64.1. The first-order chi connectivity index (χ1) is 14.2. The molecule has 0 atom stereocenters. The first-order valence-electron chi connectivity index (χ1n) is 8.92. The van der Waals surface area contributed by atoms with Crippen molar-refractivity contribution in [1.29, 1.82) is 0 Å². The van der Waals surface area contributed by atoms with E-state index in [2.05, 4.69) is 10.3 Å². The molecule has 0 aliphatic heterocycles. The molecule has 1 heterocycles. The number of pyridine rings is 1. The van der Waals surface area contributed by atoms with Gasteiger partial charge in [-0.2, -0.15) is 13.2 Å². The molecule has 0 saturated heterocycles. The number of aromatic nitrogens is 1. The summed E-state index contributed by atoms with van der Waals surface area (Å²) in [6.07, 6.45) is -3.83. The van der Waals surface area contributed by atoms with Crippen LogP contribution in [0.15, 0.2) is 34.3 Å². The monoisotopic (exact) mass is 495 g/mol. The van der Waals surface area contributed by atoms with Gasteiger partial charge in [-0.3, -0.25) is 4.79 Å². The molecule has 1 amide bonds. The maximum absolute atomic E-state index is 12.7. The number of aryl methyl sites for hydroxylation is 1. The largest absolute Gasteiger partial charge is 0.417 e. The summed E-state index contributed by atoms with van der Waals surface area (Å²) in [4.78, 5) is 16.3. The number of rotatable bonds is 7. The molecule has 0 fully saturated rings. The van der Waals surface area contributed by atoms with Crippen molar-refractivity contribution in [2.45, 2.75) is 29.9 Å². The molecule has 0 aliphatic carbocycles. The van der Waals surface area contributed by atoms with Gasteiger partial charge < -0.3 is 5.32 Å². The van der Waals surface area contributed by atoms with Crippen LogP contribution >= 0.6 is 23.4 Å². The lowest BCUT2D eigenvalue weighted by molar-refractivity contribution is -0.137. The number of thioether (sulfide) groups is 1. The Balaban J connectivity index is 2.05. The molecule has 0 bridgehead atoms. The number of sulfonamides is 1. The molecule has 0 aliphatic rings. The number of nitrogens with zero attached hydrogens (tertiary/aromatic N) is 2. The Bertz CT molecular complexity index is 1090. The van der Waals surface area contributed by atoms with E-state index < -0.39 is 27.7 Å². The maximum atomic E-state index is 12.7. The third-order valence-electron chi connectivity index (χ3n) is 4.40. The van der Waals surface area contributed by atoms with Crippen LogP contribution in [0, 0.1) is 13.8 Å². The number of benzene rings is 1. The molecular formula is C19H21ClF3N3O3S2. The molecule has 0 saturated carbocycles. The first kappa shape index (κ1) is 25.4. The van der Waals surface area contributed by atoms with Crippen LogP contribution in [0.3, 0.4) is 0 Å². The van der Waals surface area contributed by atoms with Crippen molar-refractivity contribution in [3.05, 3.63) is 51.7 Å². The van der Waals surface area contributed by atoms with Gasteiger partial charge in [0.1, 0.15) is 5.03 Å². The van der Waals surface area contributed by atoms with Gasteiger partial charge >= 0.3 is 6.18 Å². The highest BCUT2D eigenvalue weighted by Crippen LogP contribution is 2.33. The molecule has 170 valence electrons. The quantitative estimate of drug-likeness (QED) is 0.461. The highest BCUT2D eigenvalue weighted by atomic mass is 35.5. The summed E-state index contributed by atoms with van der Waals surface area (Å²) in [5, 5.41) is 2.75. The summed E-state index contributed by atoms with van der Waals surface area (Å²) in [6, 6.07) is 3.73. The van der Waals surface area contributed by atoms with E-state index in [4.69, 9.17) is 11.6 Å². The van der Waals surface area contributed by atoms with Crippen molar-refractivity contribution in [2.24, 2.45) is 0 Å². The van der Waals surface area contributed by atoms with Gasteiger partial charge in [0.25, 0.3) is 5.91 Å². The lowest BCUT2D eigenvalue weighted by Crippen LogP contribution is -2.27. The number of hydrogen-bond acceptors (Lipinski definition) is 5. The van der Waals surface area contributed by atoms with E-state index >= 15 is 0 Å². The predicted molar refractivity (Wildman–Crippen MR) is 114 cm³/mol. The van der Waals surface area contributed by atoms with Crippen LogP contribution in [0.5, 0.6) is 0 Å². The van der Waals surface area contributed by atoms with Crippen molar-refractivity contribution in [2.75, 3.05) is 26.4 Å². The summed E-state index contributed by atoms with van der Waals surface area (Å²) in [5.41, 5.74) is 0.472. The third kappa shape index (κ3) is 6.12. The number of hydrogen-bond donors (Lipinski definition) is 1. The molecule has 0 spiro atoms. The molecule has 6 nitrogen and oxygen atoms in total. The molecule has 1 aromatic heterocycles. The maximum Gasteiger partial charge on any atom is 0.417 e. The molecule has 1 N–H and O–H groups in total. The van der Waals surface area contributed by atoms with Gasteiger partial charge in [-0.05, 0) is 43.2 Å². The first-order valence-corrected chi connectivity index (χ1v) is 11.7. The molecule has 0 unspecified atom stereocenters. The Hall–Kier alpha value is -1.82. The highest BCUT2D eigenvalue weighted by Gasteiger charge is 2.31. The molecule has 12 heteroatoms. The van der Waals surface area contributed by atoms with Crippen molar-refractivity contribution in [3.8, 4) is 0 Å². The minimum Gasteiger partial charge on any atom is -0.351 e. The molecule has 0 radical (unpaired) electrons. The van der Waals surface area contributed by atoms with Crippen LogP contribution in [-0.2, 0) is 16.2 Å². The Kier molecular flexibility index (Phi) is 8.01. The SMILES string of the molecule is Cc1cc(C(=O)NCCSc2ncc(C(F)(F)F)cc2Cl)cc(S(=O)(=O)N(C)C)c1C. The Labute approximate surface area is 188 Å². The van der Waals surface area contributed by atoms with E-state index in [9.17, 15) is 26.4 Å². The molecular weight excluding hydrogens is 475 g/mol. The van der Waals surface area contributed by atoms with Gasteiger partial charge in [-0.1, -0.05) is 11.6 Å². The van der Waals surface area contributed by atoms with E-state index in [1.54, 1.807) is 19.9 Å². The summed E-state index contributed by atoms with van der Waals surface area (Å²) >= 11 is 6.95. The molecule has 2 rings (SSSR count). The zero-order chi connectivity index (χ0) is 23.6. The van der Waals surface area contributed by atoms with E-state index in [-0.39, 0.29) is 27.1 Å². The minimum absolute atomic E-state index is 0.0535. The van der Waals surface area contributed by atoms with Crippen molar-refractivity contribution < 1.29 is 26.4 Å². The second kappa shape index (κ2) is 9.76. The summed E-state index contributed by atoms with van der Waals surface area (Å²) in [5.74, 6) is -0.164. The van der Waals surface area contributed by atoms with Gasteiger partial charge in [-0.15, -0.1) is 11.8 Å². The van der Waals surface area contributed by atoms with Crippen molar-refractivity contribution in [3.63, 3.8) is 0 Å². The number of nitrogens with one attached hydrogen (secondary N) is 1. The average Bonchev–Trinajstić information content (AvgIpc) is 2.66. The summed E-state index contributed by atoms with van der Waals surface area (Å²) in [6.45, 7) is 3.56. The van der Waals surface area contributed by atoms with E-state index in [1.807, 2.05) is 0 Å². The average molecular weight is 496 g/mol. The zero-order valence-electron chi connectivity index (χ0n) is 17.2. The number of alkyl halides is 3. The van der Waals surface area contributed by atoms with Gasteiger partial charge in [0.05, 0.1) is 15.5 Å². The second-order valence-electron chi connectivity index (χ2n) is 6.82. The predicted octanol–water partition coefficient (Wildman–Crippen LogP) is 4.14. The molecule has 2 aromatic rings. The zero-order valence-corrected chi connectivity index (χ0v) is 19.6. The third-order valence-corrected chi connectivity index (χ3v) is 7.75. The van der Waals surface area contributed by atoms with Crippen LogP contribution in [-0.4, -0.2) is 50.0 Å². The van der Waals surface area contributed by atoms with Crippen LogP contribution in [0.4, 0.5) is 13.2 Å². The summed E-state index contributed by atoms with van der Waals surface area (Å²) in [7, 11) is -0.898. The number of halogens is 4. The molecule has 1 aromatic carbocycles. The van der Waals surface area contributed by atoms with Crippen LogP contribution in [0.25, 0.3) is 0 Å². The van der Waals surface area contributed by atoms with Gasteiger partial charge in [0.2, 0.25) is 10.0 Å². The van der Waals surface area contributed by atoms with Crippen molar-refractivity contribution >= 4 is 39.3 Å². The lowest BCUT2D eigenvalue weighted by Gasteiger charge is -2.16. The van der Waals surface area contributed by atoms with Crippen LogP contribution < -0.4 is 5.32 Å². The lowest BCUT2D eigenvalue weighted by atomic mass is 10.1. The molecule has 31 heavy (non-hydrogen) atoms. The minimum atomic E-state index is -4.53. The van der Waals surface area contributed by atoms with Gasteiger partial charge in [0.15, 0.2) is 0 Å². The fraction of sp³-hybridized carbons (Fsp3) is 0.368. The number of carbonyl (C=O) groups excluding carboxylic acids is 1. The fourth-order valence-electron chi connectivity index (χ4n) is 2.52. The van der Waals surface area contributed by atoms with Crippen LogP contribution in [0.1, 0.15) is 27.0 Å². The number of amides is 1. The van der Waals surface area contributed by atoms with Gasteiger partial charge in [-0.25, -0.2) is 17.7 Å². The smallest absolute Gasteiger partial charge is 0.351 e. The highest BCUT2D eigenvalue weighted by molar-refractivity contribution is 7.99. The topological polar surface area (TPSA) is 79.4 Å². The Morgan fingerprint density at radius 3 is 2.42 bits per heavy atom. The Morgan fingerprint density at radius 2 is 1.87 bits per heavy atom. The number of carbonyl (C=O) groups is 1. The van der Waals surface area contributed by atoms with Gasteiger partial charge in [0, 0.05) is 38.2 Å². The van der Waals surface area contributed by atoms with Crippen LogP contribution in [0.2, 0.25) is 5.02 Å². The van der Waals surface area contributed by atoms with E-state index in [0.717, 1.165) is 22.1 Å². The fourth-order valence-corrected chi connectivity index (χ4v) is 4.79. The standard InChI is InChI=1S/C19H21ClF3N3O3S2/c1-11-7-13(8-16(12(11)2)31(28,29)26(3)4)17(27)24-5-6-30-18-15(20)9-14(10-25-18)19(21,22)23/h7-10H,5-6H2,1-4H3,(H,24,27).